The van der Waals surface area contributed by atoms with Crippen molar-refractivity contribution in [1.82, 2.24) is 10.3 Å². The summed E-state index contributed by atoms with van der Waals surface area (Å²) in [7, 11) is 5.26. The molecule has 0 radical (unpaired) electrons. The van der Waals surface area contributed by atoms with Gasteiger partial charge in [0.2, 0.25) is 0 Å². The molecule has 3 aromatic rings. The SMILES string of the molecule is CNCCc1cc(OC)c(OC)cc1Sc1c[nH]c2cccc(Cl)c12. The van der Waals surface area contributed by atoms with Crippen LogP contribution in [0.2, 0.25) is 5.02 Å². The van der Waals surface area contributed by atoms with Gasteiger partial charge in [-0.25, -0.2) is 0 Å². The number of hydrogen-bond acceptors (Lipinski definition) is 4. The lowest BCUT2D eigenvalue weighted by atomic mass is 10.1. The number of rotatable bonds is 7. The standard InChI is InChI=1S/C19H21ClN2O2S/c1-21-8-7-12-9-15(23-2)16(24-3)10-17(12)25-18-11-22-14-6-4-5-13(20)19(14)18/h4-6,9-11,21-22H,7-8H2,1-3H3. The summed E-state index contributed by atoms with van der Waals surface area (Å²) in [4.78, 5) is 5.52. The average molecular weight is 377 g/mol. The van der Waals surface area contributed by atoms with E-state index in [1.54, 1.807) is 26.0 Å². The van der Waals surface area contributed by atoms with Crippen LogP contribution in [0.15, 0.2) is 46.3 Å². The first-order valence-electron chi connectivity index (χ1n) is 8.01. The van der Waals surface area contributed by atoms with Gasteiger partial charge in [-0.05, 0) is 49.8 Å². The second-order valence-corrected chi connectivity index (χ2v) is 7.08. The highest BCUT2D eigenvalue weighted by Gasteiger charge is 2.15. The summed E-state index contributed by atoms with van der Waals surface area (Å²) < 4.78 is 10.9. The zero-order valence-corrected chi connectivity index (χ0v) is 16.1. The number of aromatic nitrogens is 1. The molecule has 0 fully saturated rings. The lowest BCUT2D eigenvalue weighted by molar-refractivity contribution is 0.353. The van der Waals surface area contributed by atoms with Crippen LogP contribution in [0.1, 0.15) is 5.56 Å². The summed E-state index contributed by atoms with van der Waals surface area (Å²) in [5, 5.41) is 4.99. The van der Waals surface area contributed by atoms with Crippen molar-refractivity contribution in [3.8, 4) is 11.5 Å². The number of halogens is 1. The monoisotopic (exact) mass is 376 g/mol. The minimum absolute atomic E-state index is 0.726. The molecule has 1 heterocycles. The van der Waals surface area contributed by atoms with E-state index < -0.39 is 0 Å². The second kappa shape index (κ2) is 8.04. The Kier molecular flexibility index (Phi) is 5.78. The smallest absolute Gasteiger partial charge is 0.161 e. The van der Waals surface area contributed by atoms with Crippen LogP contribution in [0.25, 0.3) is 10.9 Å². The molecule has 0 spiro atoms. The predicted octanol–water partition coefficient (Wildman–Crippen LogP) is 4.75. The fourth-order valence-electron chi connectivity index (χ4n) is 2.76. The highest BCUT2D eigenvalue weighted by Crippen LogP contribution is 2.42. The Hall–Kier alpha value is -1.82. The molecule has 0 saturated carbocycles. The number of ether oxygens (including phenoxy) is 2. The van der Waals surface area contributed by atoms with Crippen LogP contribution in [-0.4, -0.2) is 32.8 Å². The summed E-state index contributed by atoms with van der Waals surface area (Å²) in [6.07, 6.45) is 2.90. The van der Waals surface area contributed by atoms with Gasteiger partial charge in [-0.3, -0.25) is 0 Å². The van der Waals surface area contributed by atoms with Crippen molar-refractivity contribution in [3.63, 3.8) is 0 Å². The van der Waals surface area contributed by atoms with Crippen LogP contribution >= 0.6 is 23.4 Å². The Balaban J connectivity index is 2.05. The molecular weight excluding hydrogens is 356 g/mol. The second-order valence-electron chi connectivity index (χ2n) is 5.59. The number of likely N-dealkylation sites (N-methyl/N-ethyl adjacent to an activating group) is 1. The Labute approximate surface area is 156 Å². The Morgan fingerprint density at radius 3 is 2.60 bits per heavy atom. The molecule has 25 heavy (non-hydrogen) atoms. The molecule has 3 rings (SSSR count). The van der Waals surface area contributed by atoms with Crippen LogP contribution < -0.4 is 14.8 Å². The molecule has 0 saturated heterocycles. The van der Waals surface area contributed by atoms with Crippen LogP contribution in [0.5, 0.6) is 11.5 Å². The van der Waals surface area contributed by atoms with Crippen molar-refractivity contribution in [3.05, 3.63) is 47.1 Å². The van der Waals surface area contributed by atoms with Crippen molar-refractivity contribution in [2.75, 3.05) is 27.8 Å². The van der Waals surface area contributed by atoms with Gasteiger partial charge in [0.15, 0.2) is 11.5 Å². The van der Waals surface area contributed by atoms with Gasteiger partial charge in [-0.1, -0.05) is 29.4 Å². The van der Waals surface area contributed by atoms with E-state index in [0.29, 0.717) is 0 Å². The summed E-state index contributed by atoms with van der Waals surface area (Å²) in [5.74, 6) is 1.47. The van der Waals surface area contributed by atoms with Gasteiger partial charge in [0, 0.05) is 26.9 Å². The third-order valence-corrected chi connectivity index (χ3v) is 5.51. The molecule has 0 unspecified atom stereocenters. The number of aromatic amines is 1. The first kappa shape index (κ1) is 18.0. The Bertz CT molecular complexity index is 879. The molecule has 4 nitrogen and oxygen atoms in total. The van der Waals surface area contributed by atoms with Gasteiger partial charge < -0.3 is 19.8 Å². The molecule has 0 atom stereocenters. The Morgan fingerprint density at radius 1 is 1.12 bits per heavy atom. The van der Waals surface area contributed by atoms with E-state index in [-0.39, 0.29) is 0 Å². The van der Waals surface area contributed by atoms with E-state index in [1.165, 1.54) is 5.56 Å². The summed E-state index contributed by atoms with van der Waals surface area (Å²) in [5.41, 5.74) is 2.24. The lowest BCUT2D eigenvalue weighted by Crippen LogP contribution is -2.11. The number of H-pyrrole nitrogens is 1. The summed E-state index contributed by atoms with van der Waals surface area (Å²) in [6, 6.07) is 9.98. The van der Waals surface area contributed by atoms with Crippen molar-refractivity contribution < 1.29 is 9.47 Å². The number of nitrogens with one attached hydrogen (secondary N) is 2. The van der Waals surface area contributed by atoms with Crippen molar-refractivity contribution >= 4 is 34.3 Å². The quantitative estimate of drug-likeness (QED) is 0.624. The van der Waals surface area contributed by atoms with Gasteiger partial charge in [-0.15, -0.1) is 0 Å². The van der Waals surface area contributed by atoms with Crippen LogP contribution in [-0.2, 0) is 6.42 Å². The molecule has 0 amide bonds. The zero-order chi connectivity index (χ0) is 17.8. The largest absolute Gasteiger partial charge is 0.493 e. The molecule has 6 heteroatoms. The molecule has 0 aliphatic rings. The van der Waals surface area contributed by atoms with Crippen molar-refractivity contribution in [2.45, 2.75) is 16.2 Å². The number of hydrogen-bond donors (Lipinski definition) is 2. The minimum atomic E-state index is 0.726. The van der Waals surface area contributed by atoms with Gasteiger partial charge in [-0.2, -0.15) is 0 Å². The summed E-state index contributed by atoms with van der Waals surface area (Å²) in [6.45, 7) is 0.887. The molecule has 0 bridgehead atoms. The summed E-state index contributed by atoms with van der Waals surface area (Å²) >= 11 is 8.10. The van der Waals surface area contributed by atoms with Gasteiger partial charge >= 0.3 is 0 Å². The van der Waals surface area contributed by atoms with Gasteiger partial charge in [0.25, 0.3) is 0 Å². The first-order chi connectivity index (χ1) is 12.2. The number of methoxy groups -OCH3 is 2. The van der Waals surface area contributed by atoms with E-state index >= 15 is 0 Å². The molecule has 132 valence electrons. The molecule has 2 aromatic carbocycles. The predicted molar refractivity (Wildman–Crippen MR) is 105 cm³/mol. The third kappa shape index (κ3) is 3.73. The van der Waals surface area contributed by atoms with Crippen molar-refractivity contribution in [2.24, 2.45) is 0 Å². The average Bonchev–Trinajstić information content (AvgIpc) is 3.04. The third-order valence-electron chi connectivity index (χ3n) is 4.05. The number of fused-ring (bicyclic) bond motifs is 1. The molecule has 2 N–H and O–H groups in total. The molecule has 0 aliphatic carbocycles. The maximum Gasteiger partial charge on any atom is 0.161 e. The van der Waals surface area contributed by atoms with Gasteiger partial charge in [0.1, 0.15) is 0 Å². The van der Waals surface area contributed by atoms with E-state index in [0.717, 1.165) is 50.2 Å². The zero-order valence-electron chi connectivity index (χ0n) is 14.5. The number of benzene rings is 2. The maximum absolute atomic E-state index is 6.41. The normalized spacial score (nSPS) is 11.0. The highest BCUT2D eigenvalue weighted by atomic mass is 35.5. The van der Waals surface area contributed by atoms with Crippen LogP contribution in [0, 0.1) is 0 Å². The van der Waals surface area contributed by atoms with E-state index in [1.807, 2.05) is 37.5 Å². The fraction of sp³-hybridized carbons (Fsp3) is 0.263. The maximum atomic E-state index is 6.41. The minimum Gasteiger partial charge on any atom is -0.493 e. The highest BCUT2D eigenvalue weighted by molar-refractivity contribution is 7.99. The molecule has 1 aromatic heterocycles. The lowest BCUT2D eigenvalue weighted by Gasteiger charge is -2.14. The Morgan fingerprint density at radius 2 is 1.88 bits per heavy atom. The fourth-order valence-corrected chi connectivity index (χ4v) is 4.23. The van der Waals surface area contributed by atoms with E-state index in [2.05, 4.69) is 16.4 Å². The molecular formula is C19H21ClN2O2S. The first-order valence-corrected chi connectivity index (χ1v) is 9.20. The van der Waals surface area contributed by atoms with Crippen LogP contribution in [0.3, 0.4) is 0 Å². The van der Waals surface area contributed by atoms with Crippen LogP contribution in [0.4, 0.5) is 0 Å². The van der Waals surface area contributed by atoms with E-state index in [4.69, 9.17) is 21.1 Å². The van der Waals surface area contributed by atoms with Crippen molar-refractivity contribution in [1.29, 1.82) is 0 Å². The van der Waals surface area contributed by atoms with E-state index in [9.17, 15) is 0 Å². The molecule has 0 aliphatic heterocycles. The van der Waals surface area contributed by atoms with Gasteiger partial charge in [0.05, 0.1) is 19.2 Å². The topological polar surface area (TPSA) is 46.3 Å².